The Bertz CT molecular complexity index is 2330. The number of methoxy groups -OCH3 is 1. The highest BCUT2D eigenvalue weighted by atomic mass is 35.5. The van der Waals surface area contributed by atoms with E-state index in [1.54, 1.807) is 36.3 Å². The number of rotatable bonds is 14. The quantitative estimate of drug-likeness (QED) is 0.110. The normalized spacial score (nSPS) is 19.2. The molecule has 1 aromatic heterocycles. The van der Waals surface area contributed by atoms with Gasteiger partial charge < -0.3 is 39.1 Å². The Morgan fingerprint density at radius 1 is 0.885 bits per heavy atom. The van der Waals surface area contributed by atoms with Crippen LogP contribution in [-0.4, -0.2) is 122 Å². The van der Waals surface area contributed by atoms with Gasteiger partial charge in [0.1, 0.15) is 16.8 Å². The lowest BCUT2D eigenvalue weighted by Crippen LogP contribution is -2.53. The molecule has 8 rings (SSSR count). The second-order valence-electron chi connectivity index (χ2n) is 15.6. The fourth-order valence-electron chi connectivity index (χ4n) is 8.84. The van der Waals surface area contributed by atoms with Crippen LogP contribution in [0.2, 0.25) is 5.02 Å². The number of carbonyl (C=O) groups is 3. The van der Waals surface area contributed by atoms with Gasteiger partial charge in [-0.2, -0.15) is 4.98 Å². The van der Waals surface area contributed by atoms with E-state index >= 15 is 0 Å². The molecule has 0 bridgehead atoms. The standard InChI is InChI=1S/C43H51ClN9O7P/c1-58-37-25-30(11-12-34(37)47-43-45-26-33(44)40(49-43)46-35-9-4-5-10-38(35)61(57,59-2)60-3)51-19-16-29(17-20-51)52-23-21-50(22-24-52)18-15-28-7-6-8-31-32(28)27-53(42(31)56)36-13-14-39(54)48-41(36)55/h4-12,25-26,29,36H,13-24,27H2,1-3H3,(H,48,54,55)(H2,45,46,47,49). The summed E-state index contributed by atoms with van der Waals surface area (Å²) in [5.41, 5.74) is 5.07. The summed E-state index contributed by atoms with van der Waals surface area (Å²) >= 11 is 6.49. The van der Waals surface area contributed by atoms with Crippen LogP contribution in [0.15, 0.2) is 66.9 Å². The molecule has 322 valence electrons. The van der Waals surface area contributed by atoms with Crippen molar-refractivity contribution in [1.82, 2.24) is 30.0 Å². The van der Waals surface area contributed by atoms with Crippen molar-refractivity contribution in [3.05, 3.63) is 88.6 Å². The van der Waals surface area contributed by atoms with E-state index in [0.717, 1.165) is 81.9 Å². The summed E-state index contributed by atoms with van der Waals surface area (Å²) in [5, 5.41) is 9.42. The molecule has 3 aromatic carbocycles. The number of anilines is 5. The summed E-state index contributed by atoms with van der Waals surface area (Å²) in [5.74, 6) is 0.452. The molecule has 0 radical (unpaired) electrons. The van der Waals surface area contributed by atoms with Gasteiger partial charge in [-0.3, -0.25) is 29.2 Å². The molecule has 4 aliphatic heterocycles. The zero-order valence-corrected chi connectivity index (χ0v) is 36.2. The maximum absolute atomic E-state index is 13.3. The van der Waals surface area contributed by atoms with Crippen LogP contribution in [0.3, 0.4) is 0 Å². The number of amides is 3. The highest BCUT2D eigenvalue weighted by Crippen LogP contribution is 2.47. The van der Waals surface area contributed by atoms with Crippen LogP contribution in [0.1, 0.15) is 47.2 Å². The maximum atomic E-state index is 13.3. The SMILES string of the molecule is COc1cc(N2CCC(N3CCN(CCc4cccc5c4CN(C4CCC(=O)NC4=O)C5=O)CC3)CC2)ccc1Nc1ncc(Cl)c(Nc2ccccc2P(=O)(OC)OC)n1. The summed E-state index contributed by atoms with van der Waals surface area (Å²) in [7, 11) is 0.741. The minimum absolute atomic E-state index is 0.127. The number of benzene rings is 3. The van der Waals surface area contributed by atoms with Gasteiger partial charge in [0, 0.05) is 96.4 Å². The summed E-state index contributed by atoms with van der Waals surface area (Å²) in [6.45, 7) is 7.21. The molecule has 5 heterocycles. The number of piperazine rings is 1. The van der Waals surface area contributed by atoms with Crippen LogP contribution in [0, 0.1) is 0 Å². The van der Waals surface area contributed by atoms with Crippen LogP contribution < -0.4 is 30.9 Å². The minimum Gasteiger partial charge on any atom is -0.494 e. The first-order valence-electron chi connectivity index (χ1n) is 20.6. The molecular formula is C43H51ClN9O7P. The average Bonchev–Trinajstić information content (AvgIpc) is 3.63. The van der Waals surface area contributed by atoms with Gasteiger partial charge in [0.15, 0.2) is 5.82 Å². The smallest absolute Gasteiger partial charge is 0.362 e. The molecular weight excluding hydrogens is 821 g/mol. The Morgan fingerprint density at radius 3 is 2.39 bits per heavy atom. The number of halogens is 1. The Morgan fingerprint density at radius 2 is 1.66 bits per heavy atom. The number of hydrogen-bond acceptors (Lipinski definition) is 14. The lowest BCUT2D eigenvalue weighted by Gasteiger charge is -2.43. The van der Waals surface area contributed by atoms with Gasteiger partial charge in [-0.1, -0.05) is 35.9 Å². The predicted molar refractivity (Wildman–Crippen MR) is 234 cm³/mol. The highest BCUT2D eigenvalue weighted by Gasteiger charge is 2.40. The molecule has 4 aromatic rings. The van der Waals surface area contributed by atoms with E-state index < -0.39 is 13.6 Å². The molecule has 1 unspecified atom stereocenters. The Balaban J connectivity index is 0.823. The second-order valence-corrected chi connectivity index (χ2v) is 18.2. The molecule has 3 fully saturated rings. The van der Waals surface area contributed by atoms with Crippen molar-refractivity contribution in [3.63, 3.8) is 0 Å². The topological polar surface area (TPSA) is 171 Å². The van der Waals surface area contributed by atoms with E-state index in [1.807, 2.05) is 24.3 Å². The number of nitrogens with one attached hydrogen (secondary N) is 3. The molecule has 3 saturated heterocycles. The first-order chi connectivity index (χ1) is 29.6. The van der Waals surface area contributed by atoms with E-state index in [9.17, 15) is 18.9 Å². The minimum atomic E-state index is -3.56. The van der Waals surface area contributed by atoms with Crippen LogP contribution in [-0.2, 0) is 36.2 Å². The molecule has 16 nitrogen and oxygen atoms in total. The summed E-state index contributed by atoms with van der Waals surface area (Å²) in [6.07, 6.45) is 5.07. The molecule has 1 atom stereocenters. The van der Waals surface area contributed by atoms with Crippen molar-refractivity contribution >= 4 is 71.1 Å². The number of fused-ring (bicyclic) bond motifs is 1. The Hall–Kier alpha value is -5.09. The first-order valence-corrected chi connectivity index (χ1v) is 22.5. The molecule has 3 N–H and O–H groups in total. The first kappa shape index (κ1) is 42.6. The van der Waals surface area contributed by atoms with E-state index in [4.69, 9.17) is 25.4 Å². The van der Waals surface area contributed by atoms with Crippen molar-refractivity contribution in [2.24, 2.45) is 0 Å². The number of hydrogen-bond donors (Lipinski definition) is 3. The lowest BCUT2D eigenvalue weighted by atomic mass is 10.00. The van der Waals surface area contributed by atoms with E-state index in [2.05, 4.69) is 52.8 Å². The van der Waals surface area contributed by atoms with Crippen LogP contribution in [0.5, 0.6) is 5.75 Å². The molecule has 4 aliphatic rings. The third-order valence-corrected chi connectivity index (χ3v) is 14.5. The third kappa shape index (κ3) is 9.11. The number of imide groups is 1. The lowest BCUT2D eigenvalue weighted by molar-refractivity contribution is -0.136. The number of aromatic nitrogens is 2. The fourth-order valence-corrected chi connectivity index (χ4v) is 10.2. The van der Waals surface area contributed by atoms with E-state index in [-0.39, 0.29) is 35.1 Å². The zero-order chi connectivity index (χ0) is 42.7. The molecule has 3 amide bonds. The van der Waals surface area contributed by atoms with Gasteiger partial charge in [-0.25, -0.2) is 4.98 Å². The largest absolute Gasteiger partial charge is 0.494 e. The van der Waals surface area contributed by atoms with E-state index in [1.165, 1.54) is 20.4 Å². The number of piperidine rings is 2. The van der Waals surface area contributed by atoms with Gasteiger partial charge in [-0.15, -0.1) is 0 Å². The van der Waals surface area contributed by atoms with Crippen molar-refractivity contribution in [3.8, 4) is 5.75 Å². The Labute approximate surface area is 360 Å². The summed E-state index contributed by atoms with van der Waals surface area (Å²) < 4.78 is 29.5. The number of nitrogens with zero attached hydrogens (tertiary/aromatic N) is 6. The van der Waals surface area contributed by atoms with Gasteiger partial charge in [0.2, 0.25) is 17.8 Å². The van der Waals surface area contributed by atoms with Gasteiger partial charge >= 0.3 is 7.60 Å². The molecule has 61 heavy (non-hydrogen) atoms. The maximum Gasteiger partial charge on any atom is 0.362 e. The number of ether oxygens (including phenoxy) is 1. The van der Waals surface area contributed by atoms with Crippen LogP contribution >= 0.6 is 19.2 Å². The fraction of sp³-hybridized carbons (Fsp3) is 0.419. The van der Waals surface area contributed by atoms with Gasteiger partial charge in [0.25, 0.3) is 5.91 Å². The number of para-hydroxylation sites is 1. The second kappa shape index (κ2) is 18.5. The molecule has 18 heteroatoms. The van der Waals surface area contributed by atoms with Crippen molar-refractivity contribution < 1.29 is 32.7 Å². The molecule has 0 aliphatic carbocycles. The van der Waals surface area contributed by atoms with Crippen LogP contribution in [0.25, 0.3) is 0 Å². The number of carbonyl (C=O) groups excluding carboxylic acids is 3. The summed E-state index contributed by atoms with van der Waals surface area (Å²) in [6, 6.07) is 18.8. The average molecular weight is 872 g/mol. The van der Waals surface area contributed by atoms with Crippen molar-refractivity contribution in [2.45, 2.75) is 50.7 Å². The third-order valence-electron chi connectivity index (χ3n) is 12.2. The van der Waals surface area contributed by atoms with Gasteiger partial charge in [-0.05, 0) is 67.1 Å². The molecule has 0 saturated carbocycles. The predicted octanol–water partition coefficient (Wildman–Crippen LogP) is 5.33. The van der Waals surface area contributed by atoms with Crippen molar-refractivity contribution in [1.29, 1.82) is 0 Å². The monoisotopic (exact) mass is 871 g/mol. The van der Waals surface area contributed by atoms with Crippen LogP contribution in [0.4, 0.5) is 28.8 Å². The highest BCUT2D eigenvalue weighted by molar-refractivity contribution is 7.62. The van der Waals surface area contributed by atoms with Crippen molar-refractivity contribution in [2.75, 3.05) is 82.7 Å². The van der Waals surface area contributed by atoms with Gasteiger partial charge in [0.05, 0.1) is 30.0 Å². The van der Waals surface area contributed by atoms with E-state index in [0.29, 0.717) is 52.8 Å². The summed E-state index contributed by atoms with van der Waals surface area (Å²) in [4.78, 5) is 55.7. The zero-order valence-electron chi connectivity index (χ0n) is 34.6. The molecule has 0 spiro atoms. The Kier molecular flexibility index (Phi) is 12.9.